The zero-order valence-corrected chi connectivity index (χ0v) is 12.6. The molecular weight excluding hydrogens is 303 g/mol. The Balaban J connectivity index is 2.37. The van der Waals surface area contributed by atoms with Gasteiger partial charge in [-0.25, -0.2) is 9.18 Å². The normalized spacial score (nSPS) is 10.2. The first kappa shape index (κ1) is 16.4. The van der Waals surface area contributed by atoms with Crippen LogP contribution in [0.1, 0.15) is 33.3 Å². The van der Waals surface area contributed by atoms with Gasteiger partial charge in [0.25, 0.3) is 11.5 Å². The number of anilines is 1. The number of aryl methyl sites for hydroxylation is 1. The van der Waals surface area contributed by atoms with Crippen molar-refractivity contribution in [2.24, 2.45) is 0 Å². The molecule has 0 spiro atoms. The molecule has 2 N–H and O–H groups in total. The van der Waals surface area contributed by atoms with Crippen LogP contribution in [0.2, 0.25) is 0 Å². The Kier molecular flexibility index (Phi) is 4.90. The van der Waals surface area contributed by atoms with E-state index in [9.17, 15) is 18.8 Å². The molecule has 2 rings (SSSR count). The van der Waals surface area contributed by atoms with Crippen molar-refractivity contribution < 1.29 is 18.7 Å². The summed E-state index contributed by atoms with van der Waals surface area (Å²) >= 11 is 0. The number of H-pyrrole nitrogens is 1. The van der Waals surface area contributed by atoms with Gasteiger partial charge in [-0.05, 0) is 32.0 Å². The Labute approximate surface area is 131 Å². The van der Waals surface area contributed by atoms with E-state index in [0.29, 0.717) is 0 Å². The smallest absolute Gasteiger partial charge is 0.339 e. The van der Waals surface area contributed by atoms with Crippen LogP contribution in [-0.4, -0.2) is 23.5 Å². The molecule has 0 atom stereocenters. The maximum Gasteiger partial charge on any atom is 0.339 e. The van der Waals surface area contributed by atoms with E-state index in [-0.39, 0.29) is 29.1 Å². The number of carbonyl (C=O) groups is 2. The molecule has 1 heterocycles. The molecule has 0 fully saturated rings. The van der Waals surface area contributed by atoms with Crippen LogP contribution in [0.5, 0.6) is 0 Å². The molecule has 0 bridgehead atoms. The van der Waals surface area contributed by atoms with Crippen molar-refractivity contribution in [2.45, 2.75) is 13.8 Å². The van der Waals surface area contributed by atoms with Gasteiger partial charge >= 0.3 is 5.97 Å². The maximum absolute atomic E-state index is 13.6. The summed E-state index contributed by atoms with van der Waals surface area (Å²) in [6, 6.07) is 6.70. The van der Waals surface area contributed by atoms with Crippen LogP contribution >= 0.6 is 0 Å². The standard InChI is InChI=1S/C16H15FN2O4/c1-3-23-16(22)10-8-11(14(20)18-9(10)2)15(21)19-13-7-5-4-6-12(13)17/h4-8H,3H2,1-2H3,(H,18,20)(H,19,21). The summed E-state index contributed by atoms with van der Waals surface area (Å²) in [6.45, 7) is 3.32. The monoisotopic (exact) mass is 318 g/mol. The van der Waals surface area contributed by atoms with Crippen molar-refractivity contribution >= 4 is 17.6 Å². The molecule has 1 aromatic heterocycles. The Morgan fingerprint density at radius 2 is 1.96 bits per heavy atom. The molecule has 1 amide bonds. The van der Waals surface area contributed by atoms with E-state index in [0.717, 1.165) is 6.07 Å². The van der Waals surface area contributed by atoms with Crippen LogP contribution < -0.4 is 10.9 Å². The molecule has 0 saturated carbocycles. The number of pyridine rings is 1. The molecule has 6 nitrogen and oxygen atoms in total. The Hall–Kier alpha value is -2.96. The second-order valence-corrected chi connectivity index (χ2v) is 4.71. The molecule has 0 unspecified atom stereocenters. The van der Waals surface area contributed by atoms with Crippen molar-refractivity contribution in [1.82, 2.24) is 4.98 Å². The van der Waals surface area contributed by atoms with Crippen LogP contribution in [-0.2, 0) is 4.74 Å². The average Bonchev–Trinajstić information content (AvgIpc) is 2.49. The number of aromatic nitrogens is 1. The van der Waals surface area contributed by atoms with Gasteiger partial charge in [-0.1, -0.05) is 12.1 Å². The van der Waals surface area contributed by atoms with E-state index in [2.05, 4.69) is 10.3 Å². The summed E-state index contributed by atoms with van der Waals surface area (Å²) in [5.41, 5.74) is -0.678. The minimum atomic E-state index is -0.818. The highest BCUT2D eigenvalue weighted by Gasteiger charge is 2.18. The van der Waals surface area contributed by atoms with E-state index < -0.39 is 23.3 Å². The number of para-hydroxylation sites is 1. The predicted molar refractivity (Wildman–Crippen MR) is 82.1 cm³/mol. The Morgan fingerprint density at radius 3 is 2.61 bits per heavy atom. The van der Waals surface area contributed by atoms with Crippen molar-refractivity contribution in [2.75, 3.05) is 11.9 Å². The summed E-state index contributed by atoms with van der Waals surface area (Å²) in [5.74, 6) is -2.10. The van der Waals surface area contributed by atoms with Gasteiger partial charge in [0.05, 0.1) is 17.9 Å². The third-order valence-electron chi connectivity index (χ3n) is 3.10. The van der Waals surface area contributed by atoms with E-state index in [4.69, 9.17) is 4.74 Å². The summed E-state index contributed by atoms with van der Waals surface area (Å²) in [5, 5.41) is 2.30. The number of rotatable bonds is 4. The summed E-state index contributed by atoms with van der Waals surface area (Å²) in [4.78, 5) is 38.4. The number of aromatic amines is 1. The van der Waals surface area contributed by atoms with Gasteiger partial charge < -0.3 is 15.0 Å². The van der Waals surface area contributed by atoms with Gasteiger partial charge in [-0.2, -0.15) is 0 Å². The SMILES string of the molecule is CCOC(=O)c1cc(C(=O)Nc2ccccc2F)c(=O)[nH]c1C. The van der Waals surface area contributed by atoms with Crippen LogP contribution in [0.25, 0.3) is 0 Å². The first-order valence-corrected chi connectivity index (χ1v) is 6.91. The molecule has 0 radical (unpaired) electrons. The quantitative estimate of drug-likeness (QED) is 0.846. The molecule has 120 valence electrons. The maximum atomic E-state index is 13.6. The van der Waals surface area contributed by atoms with Crippen molar-refractivity contribution in [1.29, 1.82) is 0 Å². The highest BCUT2D eigenvalue weighted by atomic mass is 19.1. The highest BCUT2D eigenvalue weighted by Crippen LogP contribution is 2.14. The predicted octanol–water partition coefficient (Wildman–Crippen LogP) is 2.25. The molecule has 1 aromatic carbocycles. The number of amides is 1. The van der Waals surface area contributed by atoms with Gasteiger partial charge in [0.2, 0.25) is 0 Å². The topological polar surface area (TPSA) is 88.3 Å². The first-order chi connectivity index (χ1) is 10.9. The minimum Gasteiger partial charge on any atom is -0.462 e. The molecule has 0 aliphatic rings. The van der Waals surface area contributed by atoms with Crippen LogP contribution in [0, 0.1) is 12.7 Å². The number of hydrogen-bond acceptors (Lipinski definition) is 4. The number of halogens is 1. The van der Waals surface area contributed by atoms with Crippen molar-refractivity contribution in [3.05, 3.63) is 63.3 Å². The first-order valence-electron chi connectivity index (χ1n) is 6.91. The number of nitrogens with one attached hydrogen (secondary N) is 2. The van der Waals surface area contributed by atoms with Gasteiger partial charge in [-0.3, -0.25) is 9.59 Å². The van der Waals surface area contributed by atoms with Crippen LogP contribution in [0.15, 0.2) is 35.1 Å². The molecular formula is C16H15FN2O4. The van der Waals surface area contributed by atoms with Gasteiger partial charge in [-0.15, -0.1) is 0 Å². The Bertz CT molecular complexity index is 814. The van der Waals surface area contributed by atoms with Crippen LogP contribution in [0.4, 0.5) is 10.1 Å². The summed E-state index contributed by atoms with van der Waals surface area (Å²) < 4.78 is 18.4. The third-order valence-corrected chi connectivity index (χ3v) is 3.10. The number of hydrogen-bond donors (Lipinski definition) is 2. The highest BCUT2D eigenvalue weighted by molar-refractivity contribution is 6.05. The van der Waals surface area contributed by atoms with E-state index >= 15 is 0 Å². The fourth-order valence-electron chi connectivity index (χ4n) is 1.96. The van der Waals surface area contributed by atoms with E-state index in [1.807, 2.05) is 0 Å². The number of benzene rings is 1. The molecule has 0 aliphatic heterocycles. The average molecular weight is 318 g/mol. The zero-order chi connectivity index (χ0) is 17.0. The van der Waals surface area contributed by atoms with Gasteiger partial charge in [0.1, 0.15) is 11.4 Å². The lowest BCUT2D eigenvalue weighted by molar-refractivity contribution is 0.0525. The number of esters is 1. The lowest BCUT2D eigenvalue weighted by Crippen LogP contribution is -2.26. The van der Waals surface area contributed by atoms with E-state index in [1.165, 1.54) is 25.1 Å². The zero-order valence-electron chi connectivity index (χ0n) is 12.6. The molecule has 0 aliphatic carbocycles. The van der Waals surface area contributed by atoms with Crippen molar-refractivity contribution in [3.8, 4) is 0 Å². The second kappa shape index (κ2) is 6.87. The number of carbonyl (C=O) groups excluding carboxylic acids is 2. The number of ether oxygens (including phenoxy) is 1. The third kappa shape index (κ3) is 3.63. The second-order valence-electron chi connectivity index (χ2n) is 4.71. The summed E-state index contributed by atoms with van der Waals surface area (Å²) in [6.07, 6.45) is 0. The molecule has 23 heavy (non-hydrogen) atoms. The summed E-state index contributed by atoms with van der Waals surface area (Å²) in [7, 11) is 0. The van der Waals surface area contributed by atoms with Gasteiger partial charge in [0, 0.05) is 5.69 Å². The lowest BCUT2D eigenvalue weighted by atomic mass is 10.1. The van der Waals surface area contributed by atoms with Gasteiger partial charge in [0.15, 0.2) is 0 Å². The fraction of sp³-hybridized carbons (Fsp3) is 0.188. The Morgan fingerprint density at radius 1 is 1.26 bits per heavy atom. The largest absolute Gasteiger partial charge is 0.462 e. The molecule has 7 heteroatoms. The lowest BCUT2D eigenvalue weighted by Gasteiger charge is -2.09. The van der Waals surface area contributed by atoms with Crippen molar-refractivity contribution in [3.63, 3.8) is 0 Å². The van der Waals surface area contributed by atoms with Crippen LogP contribution in [0.3, 0.4) is 0 Å². The fourth-order valence-corrected chi connectivity index (χ4v) is 1.96. The molecule has 0 saturated heterocycles. The molecule has 2 aromatic rings. The van der Waals surface area contributed by atoms with E-state index in [1.54, 1.807) is 13.0 Å². The minimum absolute atomic E-state index is 0.0600.